The number of nitrogen functional groups attached to an aromatic ring is 1. The van der Waals surface area contributed by atoms with E-state index in [1.165, 1.54) is 19.3 Å². The second kappa shape index (κ2) is 7.34. The van der Waals surface area contributed by atoms with Crippen LogP contribution in [0.25, 0.3) is 5.65 Å². The number of fused-ring (bicyclic) bond motifs is 1. The lowest BCUT2D eigenvalue weighted by Crippen LogP contribution is -2.19. The van der Waals surface area contributed by atoms with Crippen LogP contribution >= 0.6 is 0 Å². The number of aliphatic hydroxyl groups excluding tert-OH is 1. The van der Waals surface area contributed by atoms with Crippen LogP contribution in [0.3, 0.4) is 0 Å². The zero-order valence-electron chi connectivity index (χ0n) is 14.5. The van der Waals surface area contributed by atoms with Crippen molar-refractivity contribution in [1.29, 1.82) is 0 Å². The molecule has 7 heteroatoms. The standard InChI is InChI=1S/C17H27N5O2/c1-3-7-11(2)24-17-20-15(18)16-19-10-13(22(16)21-17)14(23)12-8-5-4-6-9-12/h10-12,14,23H,3-9H2,1-2H3,(H2,18,20,21). The van der Waals surface area contributed by atoms with E-state index in [2.05, 4.69) is 22.0 Å². The van der Waals surface area contributed by atoms with Gasteiger partial charge in [0.25, 0.3) is 0 Å². The molecule has 1 aliphatic carbocycles. The maximum atomic E-state index is 10.8. The molecule has 0 aromatic carbocycles. The summed E-state index contributed by atoms with van der Waals surface area (Å²) in [4.78, 5) is 8.48. The Hall–Kier alpha value is -1.89. The van der Waals surface area contributed by atoms with Crippen LogP contribution in [0, 0.1) is 5.92 Å². The highest BCUT2D eigenvalue weighted by Crippen LogP contribution is 2.34. The normalized spacial score (nSPS) is 18.6. The zero-order valence-corrected chi connectivity index (χ0v) is 14.5. The monoisotopic (exact) mass is 333 g/mol. The Morgan fingerprint density at radius 1 is 1.38 bits per heavy atom. The average molecular weight is 333 g/mol. The summed E-state index contributed by atoms with van der Waals surface area (Å²) < 4.78 is 7.35. The number of aliphatic hydroxyl groups is 1. The van der Waals surface area contributed by atoms with Crippen LogP contribution in [0.5, 0.6) is 6.01 Å². The van der Waals surface area contributed by atoms with Gasteiger partial charge < -0.3 is 15.6 Å². The largest absolute Gasteiger partial charge is 0.459 e. The van der Waals surface area contributed by atoms with Gasteiger partial charge in [0.05, 0.1) is 18.0 Å². The molecule has 0 saturated heterocycles. The van der Waals surface area contributed by atoms with Crippen molar-refractivity contribution in [3.63, 3.8) is 0 Å². The minimum absolute atomic E-state index is 0.0158. The average Bonchev–Trinajstić information content (AvgIpc) is 2.99. The first kappa shape index (κ1) is 17.0. The van der Waals surface area contributed by atoms with E-state index in [9.17, 15) is 5.11 Å². The van der Waals surface area contributed by atoms with Crippen molar-refractivity contribution in [2.75, 3.05) is 5.73 Å². The molecule has 132 valence electrons. The number of imidazole rings is 1. The molecule has 0 radical (unpaired) electrons. The predicted octanol–water partition coefficient (Wildman–Crippen LogP) is 2.89. The predicted molar refractivity (Wildman–Crippen MR) is 91.7 cm³/mol. The van der Waals surface area contributed by atoms with E-state index in [-0.39, 0.29) is 23.9 Å². The molecule has 0 aliphatic heterocycles. The topological polar surface area (TPSA) is 98.6 Å². The van der Waals surface area contributed by atoms with Crippen molar-refractivity contribution >= 4 is 11.5 Å². The highest BCUT2D eigenvalue weighted by atomic mass is 16.5. The number of hydrogen-bond acceptors (Lipinski definition) is 6. The Labute approximate surface area is 142 Å². The van der Waals surface area contributed by atoms with Crippen LogP contribution in [0.2, 0.25) is 0 Å². The van der Waals surface area contributed by atoms with Gasteiger partial charge >= 0.3 is 6.01 Å². The lowest BCUT2D eigenvalue weighted by Gasteiger charge is -2.26. The highest BCUT2D eigenvalue weighted by Gasteiger charge is 2.27. The second-order valence-corrected chi connectivity index (χ2v) is 6.76. The van der Waals surface area contributed by atoms with E-state index in [4.69, 9.17) is 10.5 Å². The van der Waals surface area contributed by atoms with E-state index >= 15 is 0 Å². The van der Waals surface area contributed by atoms with Crippen molar-refractivity contribution in [2.24, 2.45) is 5.92 Å². The first-order valence-electron chi connectivity index (χ1n) is 8.96. The van der Waals surface area contributed by atoms with Gasteiger partial charge in [-0.3, -0.25) is 0 Å². The lowest BCUT2D eigenvalue weighted by molar-refractivity contribution is 0.0792. The van der Waals surface area contributed by atoms with Crippen LogP contribution in [-0.4, -0.2) is 30.8 Å². The molecule has 2 atom stereocenters. The molecule has 3 N–H and O–H groups in total. The fraction of sp³-hybridized carbons (Fsp3) is 0.706. The summed E-state index contributed by atoms with van der Waals surface area (Å²) in [5.41, 5.74) is 7.14. The summed E-state index contributed by atoms with van der Waals surface area (Å²) in [6.45, 7) is 4.09. The van der Waals surface area contributed by atoms with Crippen molar-refractivity contribution in [1.82, 2.24) is 19.6 Å². The van der Waals surface area contributed by atoms with Gasteiger partial charge in [0.1, 0.15) is 6.10 Å². The summed E-state index contributed by atoms with van der Waals surface area (Å²) in [5, 5.41) is 15.2. The van der Waals surface area contributed by atoms with Crippen LogP contribution in [-0.2, 0) is 0 Å². The smallest absolute Gasteiger partial charge is 0.336 e. The molecule has 0 spiro atoms. The second-order valence-electron chi connectivity index (χ2n) is 6.76. The van der Waals surface area contributed by atoms with Crippen LogP contribution in [0.1, 0.15) is 70.6 Å². The van der Waals surface area contributed by atoms with Crippen LogP contribution < -0.4 is 10.5 Å². The molecule has 3 rings (SSSR count). The fourth-order valence-electron chi connectivity index (χ4n) is 3.49. The molecule has 0 bridgehead atoms. The maximum Gasteiger partial charge on any atom is 0.336 e. The number of aromatic nitrogens is 4. The molecule has 2 aromatic rings. The van der Waals surface area contributed by atoms with Crippen LogP contribution in [0.15, 0.2) is 6.20 Å². The molecular formula is C17H27N5O2. The molecule has 24 heavy (non-hydrogen) atoms. The third-order valence-corrected chi connectivity index (χ3v) is 4.80. The van der Waals surface area contributed by atoms with Gasteiger partial charge in [0, 0.05) is 0 Å². The molecule has 2 aromatic heterocycles. The van der Waals surface area contributed by atoms with Gasteiger partial charge in [-0.15, -0.1) is 5.10 Å². The Balaban J connectivity index is 1.89. The van der Waals surface area contributed by atoms with Gasteiger partial charge in [0.2, 0.25) is 0 Å². The number of nitrogens with zero attached hydrogens (tertiary/aromatic N) is 4. The first-order valence-corrected chi connectivity index (χ1v) is 8.96. The van der Waals surface area contributed by atoms with Gasteiger partial charge in [-0.1, -0.05) is 32.6 Å². The van der Waals surface area contributed by atoms with Gasteiger partial charge in [-0.05, 0) is 32.1 Å². The zero-order chi connectivity index (χ0) is 17.1. The van der Waals surface area contributed by atoms with Gasteiger partial charge in [-0.25, -0.2) is 9.50 Å². The number of nitrogens with two attached hydrogens (primary N) is 1. The minimum atomic E-state index is -0.587. The lowest BCUT2D eigenvalue weighted by atomic mass is 9.84. The quantitative estimate of drug-likeness (QED) is 0.843. The highest BCUT2D eigenvalue weighted by molar-refractivity contribution is 5.59. The van der Waals surface area contributed by atoms with Crippen molar-refractivity contribution in [3.05, 3.63) is 11.9 Å². The summed E-state index contributed by atoms with van der Waals surface area (Å²) in [6, 6.07) is 0.232. The van der Waals surface area contributed by atoms with Crippen molar-refractivity contribution in [3.8, 4) is 6.01 Å². The summed E-state index contributed by atoms with van der Waals surface area (Å²) >= 11 is 0. The third kappa shape index (κ3) is 3.45. The van der Waals surface area contributed by atoms with Crippen LogP contribution in [0.4, 0.5) is 5.82 Å². The Kier molecular flexibility index (Phi) is 5.18. The number of ether oxygens (including phenoxy) is 1. The van der Waals surface area contributed by atoms with Gasteiger partial charge in [0.15, 0.2) is 11.5 Å². The molecule has 2 unspecified atom stereocenters. The molecule has 7 nitrogen and oxygen atoms in total. The summed E-state index contributed by atoms with van der Waals surface area (Å²) in [7, 11) is 0. The van der Waals surface area contributed by atoms with E-state index in [0.29, 0.717) is 11.3 Å². The fourth-order valence-corrected chi connectivity index (χ4v) is 3.49. The van der Waals surface area contributed by atoms with Crippen molar-refractivity contribution in [2.45, 2.75) is 71.0 Å². The minimum Gasteiger partial charge on any atom is -0.459 e. The Morgan fingerprint density at radius 3 is 2.83 bits per heavy atom. The number of hydrogen-bond donors (Lipinski definition) is 2. The molecule has 2 heterocycles. The van der Waals surface area contributed by atoms with Gasteiger partial charge in [-0.2, -0.15) is 4.98 Å². The van der Waals surface area contributed by atoms with E-state index in [1.807, 2.05) is 6.92 Å². The number of rotatable bonds is 6. The van der Waals surface area contributed by atoms with E-state index in [0.717, 1.165) is 25.7 Å². The Bertz CT molecular complexity index is 681. The number of anilines is 1. The van der Waals surface area contributed by atoms with E-state index < -0.39 is 6.10 Å². The summed E-state index contributed by atoms with van der Waals surface area (Å²) in [5.74, 6) is 0.518. The SMILES string of the molecule is CCCC(C)Oc1nc(N)c2ncc(C(O)C3CCCCC3)n2n1. The third-order valence-electron chi connectivity index (χ3n) is 4.80. The molecular weight excluding hydrogens is 306 g/mol. The molecule has 1 fully saturated rings. The Morgan fingerprint density at radius 2 is 2.12 bits per heavy atom. The molecule has 0 amide bonds. The van der Waals surface area contributed by atoms with Crippen molar-refractivity contribution < 1.29 is 9.84 Å². The summed E-state index contributed by atoms with van der Waals surface area (Å²) in [6.07, 6.45) is 8.67. The first-order chi connectivity index (χ1) is 11.6. The maximum absolute atomic E-state index is 10.8. The molecule has 1 aliphatic rings. The molecule has 1 saturated carbocycles. The van der Waals surface area contributed by atoms with E-state index in [1.54, 1.807) is 10.7 Å².